The fourth-order valence-corrected chi connectivity index (χ4v) is 2.46. The standard InChI is InChI=1S/C18H22N4O3/c1-22-18(23)17(21)16(20)12-6-4-5-11(15(12)19)13-9-10(24-2)7-8-14(13)25-3/h4-9H,19-21H2,1-3H3,(H,22,23)/b17-16+. The number of para-hydroxylation sites is 1. The van der Waals surface area contributed by atoms with Crippen molar-refractivity contribution < 1.29 is 14.3 Å². The Morgan fingerprint density at radius 3 is 2.36 bits per heavy atom. The van der Waals surface area contributed by atoms with E-state index in [0.29, 0.717) is 28.3 Å². The van der Waals surface area contributed by atoms with E-state index in [9.17, 15) is 4.79 Å². The minimum atomic E-state index is -0.471. The van der Waals surface area contributed by atoms with Gasteiger partial charge in [0.1, 0.15) is 17.2 Å². The van der Waals surface area contributed by atoms with Gasteiger partial charge in [-0.15, -0.1) is 0 Å². The molecule has 0 unspecified atom stereocenters. The van der Waals surface area contributed by atoms with E-state index in [-0.39, 0.29) is 11.4 Å². The molecule has 2 rings (SSSR count). The lowest BCUT2D eigenvalue weighted by Crippen LogP contribution is -2.27. The Labute approximate surface area is 146 Å². The van der Waals surface area contributed by atoms with Gasteiger partial charge >= 0.3 is 0 Å². The molecule has 0 atom stereocenters. The van der Waals surface area contributed by atoms with Gasteiger partial charge in [-0.25, -0.2) is 0 Å². The number of anilines is 1. The van der Waals surface area contributed by atoms with E-state index in [1.54, 1.807) is 38.5 Å². The molecule has 7 N–H and O–H groups in total. The van der Waals surface area contributed by atoms with Crippen LogP contribution in [-0.4, -0.2) is 27.2 Å². The van der Waals surface area contributed by atoms with Gasteiger partial charge in [-0.2, -0.15) is 0 Å². The molecule has 0 aromatic heterocycles. The normalized spacial score (nSPS) is 11.5. The average Bonchev–Trinajstić information content (AvgIpc) is 2.65. The van der Waals surface area contributed by atoms with Crippen molar-refractivity contribution in [1.82, 2.24) is 5.32 Å². The number of benzene rings is 2. The molecule has 7 nitrogen and oxygen atoms in total. The maximum absolute atomic E-state index is 11.7. The summed E-state index contributed by atoms with van der Waals surface area (Å²) in [5.41, 5.74) is 20.5. The third-order valence-electron chi connectivity index (χ3n) is 3.85. The van der Waals surface area contributed by atoms with E-state index in [4.69, 9.17) is 26.7 Å². The molecule has 0 spiro atoms. The van der Waals surface area contributed by atoms with Gasteiger partial charge < -0.3 is 32.0 Å². The van der Waals surface area contributed by atoms with E-state index in [2.05, 4.69) is 5.32 Å². The van der Waals surface area contributed by atoms with Crippen LogP contribution in [0.3, 0.4) is 0 Å². The SMILES string of the molecule is CNC(=O)/C(N)=C(\N)c1cccc(-c2cc(OC)ccc2OC)c1N. The van der Waals surface area contributed by atoms with Crippen molar-refractivity contribution in [3.63, 3.8) is 0 Å². The first kappa shape index (κ1) is 18.0. The summed E-state index contributed by atoms with van der Waals surface area (Å²) in [6, 6.07) is 10.7. The number of carbonyl (C=O) groups is 1. The molecule has 0 aliphatic rings. The van der Waals surface area contributed by atoms with Crippen LogP contribution in [-0.2, 0) is 4.79 Å². The van der Waals surface area contributed by atoms with E-state index in [0.717, 1.165) is 5.56 Å². The molecule has 2 aromatic rings. The van der Waals surface area contributed by atoms with Crippen LogP contribution in [0.5, 0.6) is 11.5 Å². The highest BCUT2D eigenvalue weighted by Crippen LogP contribution is 2.38. The number of carbonyl (C=O) groups excluding carboxylic acids is 1. The second-order valence-electron chi connectivity index (χ2n) is 5.24. The molecule has 2 aromatic carbocycles. The number of rotatable bonds is 5. The summed E-state index contributed by atoms with van der Waals surface area (Å²) < 4.78 is 10.7. The third-order valence-corrected chi connectivity index (χ3v) is 3.85. The molecular weight excluding hydrogens is 320 g/mol. The highest BCUT2D eigenvalue weighted by Gasteiger charge is 2.17. The number of hydrogen-bond acceptors (Lipinski definition) is 6. The Morgan fingerprint density at radius 2 is 1.76 bits per heavy atom. The van der Waals surface area contributed by atoms with Crippen molar-refractivity contribution >= 4 is 17.3 Å². The summed E-state index contributed by atoms with van der Waals surface area (Å²) in [6.07, 6.45) is 0. The quantitative estimate of drug-likeness (QED) is 0.479. The molecule has 0 aliphatic heterocycles. The first-order valence-corrected chi connectivity index (χ1v) is 7.53. The highest BCUT2D eigenvalue weighted by atomic mass is 16.5. The van der Waals surface area contributed by atoms with Gasteiger partial charge in [0.2, 0.25) is 0 Å². The van der Waals surface area contributed by atoms with Crippen LogP contribution in [0.4, 0.5) is 5.69 Å². The van der Waals surface area contributed by atoms with Crippen LogP contribution < -0.4 is 32.0 Å². The summed E-state index contributed by atoms with van der Waals surface area (Å²) in [7, 11) is 4.63. The third kappa shape index (κ3) is 3.45. The number of likely N-dealkylation sites (N-methyl/N-ethyl adjacent to an activating group) is 1. The predicted molar refractivity (Wildman–Crippen MR) is 98.8 cm³/mol. The lowest BCUT2D eigenvalue weighted by atomic mass is 9.97. The van der Waals surface area contributed by atoms with Gasteiger partial charge in [-0.3, -0.25) is 4.79 Å². The van der Waals surface area contributed by atoms with Crippen LogP contribution in [0.2, 0.25) is 0 Å². The van der Waals surface area contributed by atoms with Gasteiger partial charge in [0.05, 0.1) is 19.9 Å². The number of methoxy groups -OCH3 is 2. The second kappa shape index (κ2) is 7.48. The Bertz CT molecular complexity index is 831. The summed E-state index contributed by atoms with van der Waals surface area (Å²) in [5, 5.41) is 2.44. The van der Waals surface area contributed by atoms with Gasteiger partial charge in [0.25, 0.3) is 5.91 Å². The molecule has 0 heterocycles. The Hall–Kier alpha value is -3.35. The molecule has 132 valence electrons. The number of nitrogens with two attached hydrogens (primary N) is 3. The number of amides is 1. The molecule has 1 amide bonds. The molecule has 0 radical (unpaired) electrons. The zero-order valence-corrected chi connectivity index (χ0v) is 14.4. The van der Waals surface area contributed by atoms with Crippen molar-refractivity contribution in [2.75, 3.05) is 27.0 Å². The maximum atomic E-state index is 11.7. The highest BCUT2D eigenvalue weighted by molar-refractivity contribution is 6.01. The van der Waals surface area contributed by atoms with E-state index < -0.39 is 5.91 Å². The molecular formula is C18H22N4O3. The zero-order chi connectivity index (χ0) is 18.6. The van der Waals surface area contributed by atoms with E-state index in [1.807, 2.05) is 12.1 Å². The van der Waals surface area contributed by atoms with Gasteiger partial charge in [-0.05, 0) is 18.2 Å². The first-order valence-electron chi connectivity index (χ1n) is 7.53. The Balaban J connectivity index is 2.66. The van der Waals surface area contributed by atoms with Crippen LogP contribution >= 0.6 is 0 Å². The first-order chi connectivity index (χ1) is 11.9. The van der Waals surface area contributed by atoms with Crippen molar-refractivity contribution in [3.8, 4) is 22.6 Å². The maximum Gasteiger partial charge on any atom is 0.269 e. The van der Waals surface area contributed by atoms with Crippen LogP contribution in [0.25, 0.3) is 16.8 Å². The summed E-state index contributed by atoms with van der Waals surface area (Å²) >= 11 is 0. The fourth-order valence-electron chi connectivity index (χ4n) is 2.46. The second-order valence-corrected chi connectivity index (χ2v) is 5.24. The van der Waals surface area contributed by atoms with E-state index >= 15 is 0 Å². The molecule has 25 heavy (non-hydrogen) atoms. The number of hydrogen-bond donors (Lipinski definition) is 4. The number of nitrogen functional groups attached to an aromatic ring is 1. The largest absolute Gasteiger partial charge is 0.497 e. The minimum Gasteiger partial charge on any atom is -0.497 e. The molecule has 0 saturated heterocycles. The van der Waals surface area contributed by atoms with E-state index in [1.165, 1.54) is 7.05 Å². The van der Waals surface area contributed by atoms with Crippen molar-refractivity contribution in [2.45, 2.75) is 0 Å². The van der Waals surface area contributed by atoms with Gasteiger partial charge in [0, 0.05) is 29.4 Å². The zero-order valence-electron chi connectivity index (χ0n) is 14.4. The summed E-state index contributed by atoms with van der Waals surface area (Å²) in [5.74, 6) is 0.821. The van der Waals surface area contributed by atoms with Crippen LogP contribution in [0.15, 0.2) is 42.1 Å². The molecule has 0 bridgehead atoms. The van der Waals surface area contributed by atoms with Crippen LogP contribution in [0, 0.1) is 0 Å². The summed E-state index contributed by atoms with van der Waals surface area (Å²) in [4.78, 5) is 11.7. The monoisotopic (exact) mass is 342 g/mol. The van der Waals surface area contributed by atoms with Crippen molar-refractivity contribution in [2.24, 2.45) is 11.5 Å². The Morgan fingerprint density at radius 1 is 1.04 bits per heavy atom. The van der Waals surface area contributed by atoms with Crippen molar-refractivity contribution in [1.29, 1.82) is 0 Å². The van der Waals surface area contributed by atoms with Crippen molar-refractivity contribution in [3.05, 3.63) is 47.7 Å². The molecule has 0 fully saturated rings. The minimum absolute atomic E-state index is 0.0936. The Kier molecular flexibility index (Phi) is 5.38. The van der Waals surface area contributed by atoms with Crippen LogP contribution in [0.1, 0.15) is 5.56 Å². The molecule has 0 aliphatic carbocycles. The van der Waals surface area contributed by atoms with Gasteiger partial charge in [-0.1, -0.05) is 18.2 Å². The lowest BCUT2D eigenvalue weighted by molar-refractivity contribution is -0.117. The molecule has 0 saturated carbocycles. The lowest BCUT2D eigenvalue weighted by Gasteiger charge is -2.16. The fraction of sp³-hybridized carbons (Fsp3) is 0.167. The summed E-state index contributed by atoms with van der Waals surface area (Å²) in [6.45, 7) is 0. The molecule has 7 heteroatoms. The number of ether oxygens (including phenoxy) is 2. The average molecular weight is 342 g/mol. The predicted octanol–water partition coefficient (Wildman–Crippen LogP) is 1.29. The number of nitrogens with one attached hydrogen (secondary N) is 1. The topological polar surface area (TPSA) is 126 Å². The van der Waals surface area contributed by atoms with Gasteiger partial charge in [0.15, 0.2) is 0 Å². The smallest absolute Gasteiger partial charge is 0.269 e.